The third-order valence-corrected chi connectivity index (χ3v) is 13.2. The molecule has 2 aliphatic rings. The molecule has 0 spiro atoms. The topological polar surface area (TPSA) is 46.2 Å². The Morgan fingerprint density at radius 1 is 0.742 bits per heavy atom. The van der Waals surface area contributed by atoms with E-state index in [2.05, 4.69) is 96.2 Å². The Bertz CT molecular complexity index is 574. The van der Waals surface area contributed by atoms with Crippen LogP contribution < -0.4 is 0 Å². The van der Waals surface area contributed by atoms with Gasteiger partial charge in [0.2, 0.25) is 0 Å². The lowest BCUT2D eigenvalue weighted by molar-refractivity contribution is 0.00578. The highest BCUT2D eigenvalue weighted by atomic mass is 28.4. The molecule has 0 saturated carbocycles. The lowest BCUT2D eigenvalue weighted by atomic mass is 9.47. The average molecular weight is 454 g/mol. The Hall–Kier alpha value is 0.147. The Balaban J connectivity index is 2.21. The Kier molecular flexibility index (Phi) is 7.44. The molecule has 2 heterocycles. The molecule has 2 fully saturated rings. The molecule has 180 valence electrons. The molecule has 31 heavy (non-hydrogen) atoms. The molecule has 2 rings (SSSR count). The van der Waals surface area contributed by atoms with Crippen molar-refractivity contribution in [2.75, 3.05) is 6.61 Å². The van der Waals surface area contributed by atoms with Crippen LogP contribution in [0.25, 0.3) is 0 Å². The second kappa shape index (κ2) is 8.42. The normalized spacial score (nSPS) is 26.0. The molecular weight excluding hydrogens is 406 g/mol. The molecule has 0 amide bonds. The molecule has 0 N–H and O–H groups in total. The largest absolute Gasteiger partial charge is 0.459 e. The predicted octanol–water partition coefficient (Wildman–Crippen LogP) is 6.13. The van der Waals surface area contributed by atoms with E-state index in [-0.39, 0.29) is 30.9 Å². The summed E-state index contributed by atoms with van der Waals surface area (Å²) in [4.78, 5) is 0. The van der Waals surface area contributed by atoms with Crippen LogP contribution in [0.1, 0.15) is 89.5 Å². The standard InChI is InChI=1S/C23H48B2O5Si/c1-17(15-16-26-31(13,14)19(2,3)4)18(24-27-20(5,6)21(7,8)28-24)25-29-22(9,10)23(11,12)30-25/h17-18H,15-16H2,1-14H3/t17-/m0/s1. The number of rotatable bonds is 7. The van der Waals surface area contributed by atoms with Crippen molar-refractivity contribution < 1.29 is 23.0 Å². The summed E-state index contributed by atoms with van der Waals surface area (Å²) in [6.45, 7) is 31.2. The fourth-order valence-corrected chi connectivity index (χ4v) is 4.73. The molecule has 2 saturated heterocycles. The second-order valence-corrected chi connectivity index (χ2v) is 18.0. The summed E-state index contributed by atoms with van der Waals surface area (Å²) in [6.07, 6.45) is 0.908. The molecule has 8 heteroatoms. The Labute approximate surface area is 194 Å². The van der Waals surface area contributed by atoms with Gasteiger partial charge in [0.1, 0.15) is 0 Å². The first-order chi connectivity index (χ1) is 13.6. The van der Waals surface area contributed by atoms with Crippen LogP contribution in [-0.4, -0.2) is 51.6 Å². The van der Waals surface area contributed by atoms with Gasteiger partial charge in [-0.2, -0.15) is 0 Å². The maximum atomic E-state index is 6.48. The highest BCUT2D eigenvalue weighted by molar-refractivity contribution is 6.74. The molecule has 5 nitrogen and oxygen atoms in total. The van der Waals surface area contributed by atoms with Crippen LogP contribution in [0.15, 0.2) is 0 Å². The minimum Gasteiger partial charge on any atom is -0.417 e. The van der Waals surface area contributed by atoms with Gasteiger partial charge < -0.3 is 23.0 Å². The fourth-order valence-electron chi connectivity index (χ4n) is 3.67. The summed E-state index contributed by atoms with van der Waals surface area (Å²) in [5.41, 5.74) is -1.62. The summed E-state index contributed by atoms with van der Waals surface area (Å²) in [6, 6.07) is 0. The lowest BCUT2D eigenvalue weighted by Crippen LogP contribution is -2.43. The van der Waals surface area contributed by atoms with Crippen molar-refractivity contribution in [3.8, 4) is 0 Å². The van der Waals surface area contributed by atoms with Crippen LogP contribution in [0.4, 0.5) is 0 Å². The third kappa shape index (κ3) is 5.46. The maximum absolute atomic E-state index is 6.48. The molecule has 0 aromatic heterocycles. The summed E-state index contributed by atoms with van der Waals surface area (Å²) in [7, 11) is -2.56. The van der Waals surface area contributed by atoms with Crippen molar-refractivity contribution in [2.45, 2.75) is 136 Å². The molecule has 0 bridgehead atoms. The van der Waals surface area contributed by atoms with Gasteiger partial charge in [0.25, 0.3) is 0 Å². The SMILES string of the molecule is C[C@@H](CCO[Si](C)(C)C(C)(C)C)C(B1OC(C)(C)C(C)(C)O1)B1OC(C)(C)C(C)(C)O1. The molecule has 0 aliphatic carbocycles. The molecule has 1 atom stereocenters. The van der Waals surface area contributed by atoms with Gasteiger partial charge in [-0.05, 0) is 85.9 Å². The van der Waals surface area contributed by atoms with Crippen molar-refractivity contribution in [3.63, 3.8) is 0 Å². The van der Waals surface area contributed by atoms with Crippen LogP contribution >= 0.6 is 0 Å². The minimum atomic E-state index is -1.79. The van der Waals surface area contributed by atoms with Gasteiger partial charge in [-0.15, -0.1) is 0 Å². The first-order valence-corrected chi connectivity index (χ1v) is 14.9. The minimum absolute atomic E-state index is 0.0508. The molecule has 0 aromatic rings. The lowest BCUT2D eigenvalue weighted by Gasteiger charge is -2.37. The van der Waals surface area contributed by atoms with E-state index in [4.69, 9.17) is 23.0 Å². The van der Waals surface area contributed by atoms with Gasteiger partial charge >= 0.3 is 14.2 Å². The molecule has 0 unspecified atom stereocenters. The van der Waals surface area contributed by atoms with Gasteiger partial charge in [-0.25, -0.2) is 0 Å². The molecular formula is C23H48B2O5Si. The fraction of sp³-hybridized carbons (Fsp3) is 1.00. The van der Waals surface area contributed by atoms with Crippen LogP contribution in [-0.2, 0) is 23.0 Å². The van der Waals surface area contributed by atoms with Crippen LogP contribution in [0.2, 0.25) is 23.8 Å². The van der Waals surface area contributed by atoms with E-state index in [1.165, 1.54) is 0 Å². The quantitative estimate of drug-likeness (QED) is 0.433. The monoisotopic (exact) mass is 454 g/mol. The zero-order valence-corrected chi connectivity index (χ0v) is 23.8. The van der Waals surface area contributed by atoms with E-state index in [9.17, 15) is 0 Å². The highest BCUT2D eigenvalue weighted by Crippen LogP contribution is 2.48. The zero-order chi connectivity index (χ0) is 24.3. The second-order valence-electron chi connectivity index (χ2n) is 13.2. The number of hydrogen-bond acceptors (Lipinski definition) is 5. The van der Waals surface area contributed by atoms with Crippen molar-refractivity contribution in [1.82, 2.24) is 0 Å². The van der Waals surface area contributed by atoms with E-state index in [1.807, 2.05) is 0 Å². The van der Waals surface area contributed by atoms with Crippen LogP contribution in [0.3, 0.4) is 0 Å². The number of hydrogen-bond donors (Lipinski definition) is 0. The Morgan fingerprint density at radius 2 is 1.06 bits per heavy atom. The van der Waals surface area contributed by atoms with Crippen LogP contribution in [0, 0.1) is 5.92 Å². The van der Waals surface area contributed by atoms with Crippen molar-refractivity contribution in [1.29, 1.82) is 0 Å². The van der Waals surface area contributed by atoms with Crippen LogP contribution in [0.5, 0.6) is 0 Å². The van der Waals surface area contributed by atoms with E-state index in [1.54, 1.807) is 0 Å². The summed E-state index contributed by atoms with van der Waals surface area (Å²) in [5, 5.41) is 0.201. The first kappa shape index (κ1) is 27.4. The van der Waals surface area contributed by atoms with Gasteiger partial charge in [0.05, 0.1) is 22.4 Å². The summed E-state index contributed by atoms with van der Waals surface area (Å²) >= 11 is 0. The van der Waals surface area contributed by atoms with Gasteiger partial charge in [-0.3, -0.25) is 0 Å². The Morgan fingerprint density at radius 3 is 1.35 bits per heavy atom. The zero-order valence-electron chi connectivity index (χ0n) is 22.8. The van der Waals surface area contributed by atoms with Crippen molar-refractivity contribution in [3.05, 3.63) is 0 Å². The molecule has 0 radical (unpaired) electrons. The molecule has 0 aromatic carbocycles. The highest BCUT2D eigenvalue weighted by Gasteiger charge is 2.62. The van der Waals surface area contributed by atoms with Gasteiger partial charge in [0.15, 0.2) is 8.32 Å². The van der Waals surface area contributed by atoms with Gasteiger partial charge in [0, 0.05) is 12.3 Å². The van der Waals surface area contributed by atoms with Crippen molar-refractivity contribution in [2.24, 2.45) is 5.92 Å². The van der Waals surface area contributed by atoms with E-state index < -0.39 is 30.7 Å². The summed E-state index contributed by atoms with van der Waals surface area (Å²) in [5.74, 6) is 0.245. The molecule has 2 aliphatic heterocycles. The van der Waals surface area contributed by atoms with E-state index >= 15 is 0 Å². The smallest absolute Gasteiger partial charge is 0.417 e. The first-order valence-electron chi connectivity index (χ1n) is 12.0. The van der Waals surface area contributed by atoms with Gasteiger partial charge in [-0.1, -0.05) is 27.7 Å². The summed E-state index contributed by atoms with van der Waals surface area (Å²) < 4.78 is 32.4. The average Bonchev–Trinajstić information content (AvgIpc) is 2.85. The van der Waals surface area contributed by atoms with E-state index in [0.29, 0.717) is 0 Å². The maximum Gasteiger partial charge on any atom is 0.459 e. The van der Waals surface area contributed by atoms with Crippen molar-refractivity contribution >= 4 is 22.6 Å². The predicted molar refractivity (Wildman–Crippen MR) is 133 cm³/mol. The van der Waals surface area contributed by atoms with E-state index in [0.717, 1.165) is 13.0 Å². The third-order valence-electron chi connectivity index (χ3n) is 8.67.